The Balaban J connectivity index is 2.39. The molecule has 0 radical (unpaired) electrons. The van der Waals surface area contributed by atoms with E-state index in [2.05, 4.69) is 0 Å². The standard InChI is InChI=1S/C9H9FN2O4/c10-5-3-8(16-4-6(5)13)12-2-1-7(14)11-9(12)15/h1-3,6,8,13H,4H2,(H,11,14,15)/t6-,8-/m1/s1. The van der Waals surface area contributed by atoms with Crippen molar-refractivity contribution in [3.05, 3.63) is 45.0 Å². The Bertz CT molecular complexity index is 533. The van der Waals surface area contributed by atoms with Crippen LogP contribution in [-0.4, -0.2) is 27.4 Å². The van der Waals surface area contributed by atoms with Crippen molar-refractivity contribution in [1.82, 2.24) is 9.55 Å². The fraction of sp³-hybridized carbons (Fsp3) is 0.333. The largest absolute Gasteiger partial charge is 0.384 e. The van der Waals surface area contributed by atoms with Gasteiger partial charge in [0.2, 0.25) is 0 Å². The van der Waals surface area contributed by atoms with Crippen LogP contribution in [0.2, 0.25) is 0 Å². The molecule has 2 heterocycles. The van der Waals surface area contributed by atoms with Crippen molar-refractivity contribution in [3.63, 3.8) is 0 Å². The average molecular weight is 228 g/mol. The van der Waals surface area contributed by atoms with Gasteiger partial charge in [-0.1, -0.05) is 0 Å². The van der Waals surface area contributed by atoms with Gasteiger partial charge in [-0.2, -0.15) is 0 Å². The van der Waals surface area contributed by atoms with E-state index in [1.807, 2.05) is 4.98 Å². The van der Waals surface area contributed by atoms with E-state index in [1.54, 1.807) is 0 Å². The summed E-state index contributed by atoms with van der Waals surface area (Å²) in [5.41, 5.74) is -1.24. The number of aliphatic hydroxyl groups is 1. The third-order valence-corrected chi connectivity index (χ3v) is 2.17. The highest BCUT2D eigenvalue weighted by Crippen LogP contribution is 2.20. The van der Waals surface area contributed by atoms with E-state index in [1.165, 1.54) is 6.20 Å². The number of halogens is 1. The maximum Gasteiger partial charge on any atom is 0.330 e. The molecule has 16 heavy (non-hydrogen) atoms. The van der Waals surface area contributed by atoms with Crippen molar-refractivity contribution in [3.8, 4) is 0 Å². The van der Waals surface area contributed by atoms with E-state index < -0.39 is 29.4 Å². The number of H-pyrrole nitrogens is 1. The molecule has 86 valence electrons. The van der Waals surface area contributed by atoms with E-state index in [0.717, 1.165) is 16.7 Å². The van der Waals surface area contributed by atoms with Crippen molar-refractivity contribution < 1.29 is 14.2 Å². The van der Waals surface area contributed by atoms with E-state index in [9.17, 15) is 14.0 Å². The molecule has 0 saturated heterocycles. The van der Waals surface area contributed by atoms with Gasteiger partial charge in [0, 0.05) is 12.3 Å². The summed E-state index contributed by atoms with van der Waals surface area (Å²) in [6.45, 7) is -0.238. The molecule has 2 atom stereocenters. The zero-order chi connectivity index (χ0) is 11.7. The monoisotopic (exact) mass is 228 g/mol. The second kappa shape index (κ2) is 4.03. The Morgan fingerprint density at radius 1 is 1.56 bits per heavy atom. The maximum atomic E-state index is 13.1. The number of hydrogen-bond acceptors (Lipinski definition) is 4. The van der Waals surface area contributed by atoms with Gasteiger partial charge < -0.3 is 9.84 Å². The first-order valence-electron chi connectivity index (χ1n) is 4.56. The van der Waals surface area contributed by atoms with Gasteiger partial charge in [-0.15, -0.1) is 0 Å². The van der Waals surface area contributed by atoms with Gasteiger partial charge in [0.15, 0.2) is 6.23 Å². The van der Waals surface area contributed by atoms with Crippen LogP contribution < -0.4 is 11.2 Å². The lowest BCUT2D eigenvalue weighted by Gasteiger charge is -2.23. The molecule has 2 N–H and O–H groups in total. The molecule has 0 aromatic carbocycles. The molecule has 7 heteroatoms. The van der Waals surface area contributed by atoms with Crippen LogP contribution in [0.15, 0.2) is 33.8 Å². The highest BCUT2D eigenvalue weighted by Gasteiger charge is 2.23. The van der Waals surface area contributed by atoms with E-state index in [-0.39, 0.29) is 6.61 Å². The molecule has 6 nitrogen and oxygen atoms in total. The lowest BCUT2D eigenvalue weighted by atomic mass is 10.2. The number of ether oxygens (including phenoxy) is 1. The van der Waals surface area contributed by atoms with Crippen LogP contribution in [-0.2, 0) is 4.74 Å². The summed E-state index contributed by atoms with van der Waals surface area (Å²) in [6, 6.07) is 1.13. The normalized spacial score (nSPS) is 25.2. The number of aromatic nitrogens is 2. The van der Waals surface area contributed by atoms with Gasteiger partial charge >= 0.3 is 5.69 Å². The van der Waals surface area contributed by atoms with E-state index in [0.29, 0.717) is 0 Å². The lowest BCUT2D eigenvalue weighted by Crippen LogP contribution is -2.35. The second-order valence-electron chi connectivity index (χ2n) is 3.31. The third kappa shape index (κ3) is 1.95. The van der Waals surface area contributed by atoms with Crippen LogP contribution >= 0.6 is 0 Å². The highest BCUT2D eigenvalue weighted by molar-refractivity contribution is 5.05. The number of hydrogen-bond donors (Lipinski definition) is 2. The maximum absolute atomic E-state index is 13.1. The summed E-state index contributed by atoms with van der Waals surface area (Å²) in [5, 5.41) is 9.04. The molecule has 0 amide bonds. The Morgan fingerprint density at radius 2 is 2.31 bits per heavy atom. The molecule has 2 rings (SSSR count). The van der Waals surface area contributed by atoms with Crippen LogP contribution in [0.4, 0.5) is 4.39 Å². The predicted molar refractivity (Wildman–Crippen MR) is 51.5 cm³/mol. The molecule has 1 aliphatic rings. The first kappa shape index (κ1) is 10.8. The van der Waals surface area contributed by atoms with Gasteiger partial charge in [-0.25, -0.2) is 9.18 Å². The van der Waals surface area contributed by atoms with Crippen LogP contribution in [0.3, 0.4) is 0 Å². The van der Waals surface area contributed by atoms with Gasteiger partial charge in [0.1, 0.15) is 11.9 Å². The zero-order valence-electron chi connectivity index (χ0n) is 8.09. The minimum absolute atomic E-state index is 0.238. The molecule has 0 fully saturated rings. The van der Waals surface area contributed by atoms with Crippen LogP contribution in [0.1, 0.15) is 6.23 Å². The number of aromatic amines is 1. The molecule has 0 unspecified atom stereocenters. The number of nitrogens with one attached hydrogen (secondary N) is 1. The first-order chi connectivity index (χ1) is 7.58. The summed E-state index contributed by atoms with van der Waals surface area (Å²) in [5.74, 6) is -0.755. The number of nitrogens with zero attached hydrogens (tertiary/aromatic N) is 1. The highest BCUT2D eigenvalue weighted by atomic mass is 19.1. The van der Waals surface area contributed by atoms with Crippen LogP contribution in [0.5, 0.6) is 0 Å². The Hall–Kier alpha value is -1.73. The fourth-order valence-corrected chi connectivity index (χ4v) is 1.35. The Labute approximate surface area is 88.6 Å². The van der Waals surface area contributed by atoms with Crippen molar-refractivity contribution >= 4 is 0 Å². The molecule has 0 aliphatic carbocycles. The van der Waals surface area contributed by atoms with Gasteiger partial charge in [-0.05, 0) is 6.08 Å². The lowest BCUT2D eigenvalue weighted by molar-refractivity contribution is -0.0346. The SMILES string of the molecule is O=c1ccn([C@H]2C=C(F)[C@H](O)CO2)c(=O)[nH]1. The van der Waals surface area contributed by atoms with E-state index in [4.69, 9.17) is 9.84 Å². The molecular formula is C9H9FN2O4. The molecule has 1 aliphatic heterocycles. The predicted octanol–water partition coefficient (Wildman–Crippen LogP) is -0.720. The van der Waals surface area contributed by atoms with Crippen molar-refractivity contribution in [2.24, 2.45) is 0 Å². The van der Waals surface area contributed by atoms with Gasteiger partial charge in [-0.3, -0.25) is 14.3 Å². The molecule has 0 spiro atoms. The summed E-state index contributed by atoms with van der Waals surface area (Å²) >= 11 is 0. The molecule has 1 aromatic rings. The van der Waals surface area contributed by atoms with Crippen LogP contribution in [0, 0.1) is 0 Å². The summed E-state index contributed by atoms with van der Waals surface area (Å²) in [4.78, 5) is 24.2. The van der Waals surface area contributed by atoms with Gasteiger partial charge in [0.05, 0.1) is 6.61 Å². The smallest absolute Gasteiger partial charge is 0.330 e. The van der Waals surface area contributed by atoms with E-state index >= 15 is 0 Å². The number of rotatable bonds is 1. The summed E-state index contributed by atoms with van der Waals surface area (Å²) < 4.78 is 19.1. The van der Waals surface area contributed by atoms with Crippen molar-refractivity contribution in [1.29, 1.82) is 0 Å². The molecule has 1 aromatic heterocycles. The van der Waals surface area contributed by atoms with Crippen molar-refractivity contribution in [2.45, 2.75) is 12.3 Å². The molecule has 0 bridgehead atoms. The fourth-order valence-electron chi connectivity index (χ4n) is 1.35. The quantitative estimate of drug-likeness (QED) is 0.664. The summed E-state index contributed by atoms with van der Waals surface area (Å²) in [6.07, 6.45) is -0.0660. The summed E-state index contributed by atoms with van der Waals surface area (Å²) in [7, 11) is 0. The third-order valence-electron chi connectivity index (χ3n) is 2.17. The topological polar surface area (TPSA) is 84.3 Å². The number of aliphatic hydroxyl groups excluding tert-OH is 1. The molecule has 0 saturated carbocycles. The van der Waals surface area contributed by atoms with Gasteiger partial charge in [0.25, 0.3) is 5.56 Å². The van der Waals surface area contributed by atoms with Crippen LogP contribution in [0.25, 0.3) is 0 Å². The second-order valence-corrected chi connectivity index (χ2v) is 3.31. The minimum atomic E-state index is -1.30. The average Bonchev–Trinajstić information content (AvgIpc) is 2.22. The Morgan fingerprint density at radius 3 is 2.94 bits per heavy atom. The molecular weight excluding hydrogens is 219 g/mol. The Kier molecular flexibility index (Phi) is 2.71. The first-order valence-corrected chi connectivity index (χ1v) is 4.56. The zero-order valence-corrected chi connectivity index (χ0v) is 8.09. The minimum Gasteiger partial charge on any atom is -0.384 e. The van der Waals surface area contributed by atoms with Crippen molar-refractivity contribution in [2.75, 3.05) is 6.61 Å².